The van der Waals surface area contributed by atoms with Gasteiger partial charge in [0.15, 0.2) is 0 Å². The minimum Gasteiger partial charge on any atom is -0.390 e. The standard InChI is InChI=1S/C7H11N3O2/c8-5-3-12-2-4-6(1-11)9-10-7(4)5/h5,11H,1-3,8H2,(H,9,10). The summed E-state index contributed by atoms with van der Waals surface area (Å²) < 4.78 is 5.21. The molecule has 5 heteroatoms. The van der Waals surface area contributed by atoms with Crippen molar-refractivity contribution in [2.45, 2.75) is 19.3 Å². The highest BCUT2D eigenvalue weighted by atomic mass is 16.5. The van der Waals surface area contributed by atoms with Crippen molar-refractivity contribution in [1.29, 1.82) is 0 Å². The molecule has 12 heavy (non-hydrogen) atoms. The Morgan fingerprint density at radius 1 is 1.75 bits per heavy atom. The quantitative estimate of drug-likeness (QED) is 0.525. The van der Waals surface area contributed by atoms with Crippen LogP contribution in [0, 0.1) is 0 Å². The number of aromatic amines is 1. The summed E-state index contributed by atoms with van der Waals surface area (Å²) in [4.78, 5) is 0. The van der Waals surface area contributed by atoms with Crippen molar-refractivity contribution in [3.05, 3.63) is 17.0 Å². The normalized spacial score (nSPS) is 22.3. The van der Waals surface area contributed by atoms with E-state index in [9.17, 15) is 0 Å². The molecule has 0 fully saturated rings. The number of aliphatic hydroxyl groups excluding tert-OH is 1. The summed E-state index contributed by atoms with van der Waals surface area (Å²) in [5.74, 6) is 0. The average Bonchev–Trinajstić information content (AvgIpc) is 2.49. The Kier molecular flexibility index (Phi) is 1.84. The van der Waals surface area contributed by atoms with Gasteiger partial charge in [-0.1, -0.05) is 0 Å². The third kappa shape index (κ3) is 1.03. The summed E-state index contributed by atoms with van der Waals surface area (Å²) in [6.07, 6.45) is 0. The molecule has 0 saturated carbocycles. The van der Waals surface area contributed by atoms with Crippen LogP contribution in [0.1, 0.15) is 23.0 Å². The maximum atomic E-state index is 8.90. The molecular formula is C7H11N3O2. The molecule has 2 rings (SSSR count). The van der Waals surface area contributed by atoms with E-state index in [4.69, 9.17) is 15.6 Å². The van der Waals surface area contributed by atoms with Gasteiger partial charge in [0.1, 0.15) is 0 Å². The van der Waals surface area contributed by atoms with Crippen LogP contribution in [0.2, 0.25) is 0 Å². The summed E-state index contributed by atoms with van der Waals surface area (Å²) in [6.45, 7) is 0.955. The van der Waals surface area contributed by atoms with Crippen molar-refractivity contribution in [3.63, 3.8) is 0 Å². The first-order valence-electron chi connectivity index (χ1n) is 3.83. The monoisotopic (exact) mass is 169 g/mol. The molecule has 0 bridgehead atoms. The Morgan fingerprint density at radius 3 is 3.33 bits per heavy atom. The van der Waals surface area contributed by atoms with Crippen LogP contribution in [0.3, 0.4) is 0 Å². The van der Waals surface area contributed by atoms with E-state index in [1.807, 2.05) is 0 Å². The van der Waals surface area contributed by atoms with Gasteiger partial charge in [-0.15, -0.1) is 0 Å². The smallest absolute Gasteiger partial charge is 0.0871 e. The number of aliphatic hydroxyl groups is 1. The largest absolute Gasteiger partial charge is 0.390 e. The van der Waals surface area contributed by atoms with E-state index in [0.717, 1.165) is 11.3 Å². The SMILES string of the molecule is NC1COCc2c1n[nH]c2CO. The molecule has 0 saturated heterocycles. The Hall–Kier alpha value is -0.910. The van der Waals surface area contributed by atoms with Crippen molar-refractivity contribution in [1.82, 2.24) is 10.2 Å². The van der Waals surface area contributed by atoms with Gasteiger partial charge in [-0.3, -0.25) is 5.10 Å². The van der Waals surface area contributed by atoms with E-state index >= 15 is 0 Å². The minimum absolute atomic E-state index is 0.0432. The van der Waals surface area contributed by atoms with Crippen molar-refractivity contribution < 1.29 is 9.84 Å². The van der Waals surface area contributed by atoms with Crippen molar-refractivity contribution in [3.8, 4) is 0 Å². The van der Waals surface area contributed by atoms with Gasteiger partial charge in [-0.2, -0.15) is 5.10 Å². The van der Waals surface area contributed by atoms with Crippen LogP contribution < -0.4 is 5.73 Å². The molecule has 1 aromatic heterocycles. The highest BCUT2D eigenvalue weighted by Gasteiger charge is 2.22. The third-order valence-electron chi connectivity index (χ3n) is 2.04. The Labute approximate surface area is 69.5 Å². The first-order chi connectivity index (χ1) is 5.83. The number of aromatic nitrogens is 2. The molecule has 66 valence electrons. The van der Waals surface area contributed by atoms with Crippen molar-refractivity contribution in [2.75, 3.05) is 6.61 Å². The van der Waals surface area contributed by atoms with E-state index < -0.39 is 0 Å². The molecule has 1 aliphatic rings. The molecule has 1 aliphatic heterocycles. The molecule has 4 N–H and O–H groups in total. The second kappa shape index (κ2) is 2.85. The van der Waals surface area contributed by atoms with Crippen LogP contribution in [-0.2, 0) is 18.0 Å². The summed E-state index contributed by atoms with van der Waals surface area (Å²) in [7, 11) is 0. The molecule has 1 atom stereocenters. The van der Waals surface area contributed by atoms with Gasteiger partial charge < -0.3 is 15.6 Å². The lowest BCUT2D eigenvalue weighted by Crippen LogP contribution is -2.23. The molecular weight excluding hydrogens is 158 g/mol. The number of fused-ring (bicyclic) bond motifs is 1. The van der Waals surface area contributed by atoms with Gasteiger partial charge in [0.05, 0.1) is 37.3 Å². The van der Waals surface area contributed by atoms with E-state index in [2.05, 4.69) is 10.2 Å². The molecule has 1 unspecified atom stereocenters. The van der Waals surface area contributed by atoms with Crippen LogP contribution in [0.15, 0.2) is 0 Å². The zero-order valence-electron chi connectivity index (χ0n) is 6.58. The summed E-state index contributed by atoms with van der Waals surface area (Å²) >= 11 is 0. The van der Waals surface area contributed by atoms with Crippen molar-refractivity contribution in [2.24, 2.45) is 5.73 Å². The zero-order valence-corrected chi connectivity index (χ0v) is 6.58. The molecule has 0 aromatic carbocycles. The highest BCUT2D eigenvalue weighted by molar-refractivity contribution is 5.28. The lowest BCUT2D eigenvalue weighted by atomic mass is 10.1. The third-order valence-corrected chi connectivity index (χ3v) is 2.04. The Balaban J connectivity index is 2.41. The summed E-state index contributed by atoms with van der Waals surface area (Å²) in [5.41, 5.74) is 8.17. The van der Waals surface area contributed by atoms with Crippen LogP contribution in [0.5, 0.6) is 0 Å². The number of hydrogen-bond donors (Lipinski definition) is 3. The maximum absolute atomic E-state index is 8.90. The van der Waals surface area contributed by atoms with Gasteiger partial charge in [0.2, 0.25) is 0 Å². The predicted octanol–water partition coefficient (Wildman–Crippen LogP) is -0.568. The fourth-order valence-corrected chi connectivity index (χ4v) is 1.38. The Bertz CT molecular complexity index is 284. The molecule has 0 radical (unpaired) electrons. The van der Waals surface area contributed by atoms with Gasteiger partial charge in [-0.25, -0.2) is 0 Å². The predicted molar refractivity (Wildman–Crippen MR) is 41.1 cm³/mol. The number of rotatable bonds is 1. The first kappa shape index (κ1) is 7.72. The molecule has 0 spiro atoms. The number of H-pyrrole nitrogens is 1. The van der Waals surface area contributed by atoms with Crippen LogP contribution in [-0.4, -0.2) is 21.9 Å². The van der Waals surface area contributed by atoms with Crippen LogP contribution >= 0.6 is 0 Å². The van der Waals surface area contributed by atoms with Gasteiger partial charge in [-0.05, 0) is 0 Å². The van der Waals surface area contributed by atoms with E-state index in [-0.39, 0.29) is 12.6 Å². The molecule has 5 nitrogen and oxygen atoms in total. The van der Waals surface area contributed by atoms with E-state index in [0.29, 0.717) is 18.9 Å². The second-order valence-electron chi connectivity index (χ2n) is 2.85. The first-order valence-corrected chi connectivity index (χ1v) is 3.83. The van der Waals surface area contributed by atoms with E-state index in [1.54, 1.807) is 0 Å². The van der Waals surface area contributed by atoms with Crippen LogP contribution in [0.4, 0.5) is 0 Å². The maximum Gasteiger partial charge on any atom is 0.0871 e. The molecule has 0 amide bonds. The second-order valence-corrected chi connectivity index (χ2v) is 2.85. The average molecular weight is 169 g/mol. The number of nitrogens with two attached hydrogens (primary N) is 1. The number of ether oxygens (including phenoxy) is 1. The summed E-state index contributed by atoms with van der Waals surface area (Å²) in [6, 6.07) is -0.162. The van der Waals surface area contributed by atoms with Gasteiger partial charge in [0, 0.05) is 5.56 Å². The number of hydrogen-bond acceptors (Lipinski definition) is 4. The van der Waals surface area contributed by atoms with Gasteiger partial charge >= 0.3 is 0 Å². The topological polar surface area (TPSA) is 84.2 Å². The highest BCUT2D eigenvalue weighted by Crippen LogP contribution is 2.23. The number of nitrogens with one attached hydrogen (secondary N) is 1. The van der Waals surface area contributed by atoms with Crippen LogP contribution in [0.25, 0.3) is 0 Å². The minimum atomic E-state index is -0.162. The Morgan fingerprint density at radius 2 is 2.58 bits per heavy atom. The lowest BCUT2D eigenvalue weighted by Gasteiger charge is -2.17. The van der Waals surface area contributed by atoms with E-state index in [1.165, 1.54) is 0 Å². The fraction of sp³-hybridized carbons (Fsp3) is 0.571. The lowest BCUT2D eigenvalue weighted by molar-refractivity contribution is 0.0900. The number of nitrogens with zero attached hydrogens (tertiary/aromatic N) is 1. The zero-order chi connectivity index (χ0) is 8.55. The van der Waals surface area contributed by atoms with Crippen molar-refractivity contribution >= 4 is 0 Å². The molecule has 1 aromatic rings. The molecule has 0 aliphatic carbocycles. The summed E-state index contributed by atoms with van der Waals surface area (Å²) in [5, 5.41) is 15.7. The molecule has 2 heterocycles. The van der Waals surface area contributed by atoms with Gasteiger partial charge in [0.25, 0.3) is 0 Å². The fourth-order valence-electron chi connectivity index (χ4n) is 1.38.